The van der Waals surface area contributed by atoms with Crippen LogP contribution in [-0.2, 0) is 19.5 Å². The van der Waals surface area contributed by atoms with Gasteiger partial charge >= 0.3 is 19.5 Å². The van der Waals surface area contributed by atoms with E-state index in [2.05, 4.69) is 78.8 Å². The molecule has 19 heteroatoms. The van der Waals surface area contributed by atoms with Gasteiger partial charge in [0.25, 0.3) is 0 Å². The Morgan fingerprint density at radius 3 is 1.12 bits per heavy atom. The number of nitrogens with zero attached hydrogens (tertiary/aromatic N) is 5. The molecule has 0 atom stereocenters. The van der Waals surface area contributed by atoms with Crippen LogP contribution in [0.1, 0.15) is 5.69 Å². The summed E-state index contributed by atoms with van der Waals surface area (Å²) in [7, 11) is -8.25. The number of halogens is 2. The Labute approximate surface area is 341 Å². The number of pyridine rings is 5. The SMILES string of the molecule is COc1ccc(NC(=S)c2ccccn2)cc1.[O-][Cl+3]([O-])([O-])[O-].[O-][Cl+3]([O-])([O-])[O-].[Ru+2].c1cnc2c(c1)ccc1cccnc12.c1cnc2c(c1)ccc1cccnc12. The number of methoxy groups -OCH3 is 1. The molecule has 0 aliphatic rings. The van der Waals surface area contributed by atoms with E-state index in [1.54, 1.807) is 38.1 Å². The second kappa shape index (κ2) is 21.9. The van der Waals surface area contributed by atoms with Crippen molar-refractivity contribution in [2.75, 3.05) is 12.4 Å². The fraction of sp³-hybridized carbons (Fsp3) is 0.0270. The summed E-state index contributed by atoms with van der Waals surface area (Å²) in [5.41, 5.74) is 5.59. The molecule has 1 N–H and O–H groups in total. The Hall–Kier alpha value is -4.98. The zero-order valence-electron chi connectivity index (χ0n) is 28.8. The van der Waals surface area contributed by atoms with Crippen molar-refractivity contribution in [3.05, 3.63) is 152 Å². The molecule has 0 saturated carbocycles. The third-order valence-electron chi connectivity index (χ3n) is 6.93. The number of anilines is 1. The topological polar surface area (TPSA) is 270 Å². The maximum Gasteiger partial charge on any atom is 2.00 e. The molecule has 0 amide bonds. The Morgan fingerprint density at radius 2 is 0.821 bits per heavy atom. The van der Waals surface area contributed by atoms with Gasteiger partial charge in [-0.3, -0.25) is 24.9 Å². The van der Waals surface area contributed by atoms with Crippen molar-refractivity contribution in [3.63, 3.8) is 0 Å². The molecule has 56 heavy (non-hydrogen) atoms. The van der Waals surface area contributed by atoms with Crippen LogP contribution in [0, 0.1) is 20.5 Å². The van der Waals surface area contributed by atoms with Crippen LogP contribution in [0.2, 0.25) is 0 Å². The predicted molar refractivity (Wildman–Crippen MR) is 187 cm³/mol. The summed E-state index contributed by atoms with van der Waals surface area (Å²) in [6, 6.07) is 37.5. The van der Waals surface area contributed by atoms with Gasteiger partial charge in [0.1, 0.15) is 10.7 Å². The molecule has 15 nitrogen and oxygen atoms in total. The number of benzene rings is 3. The second-order valence-corrected chi connectivity index (χ2v) is 12.5. The number of hydrogen-bond acceptors (Lipinski definition) is 15. The van der Waals surface area contributed by atoms with Crippen LogP contribution in [-0.4, -0.2) is 37.0 Å². The molecule has 8 aromatic rings. The van der Waals surface area contributed by atoms with Crippen molar-refractivity contribution in [3.8, 4) is 5.75 Å². The van der Waals surface area contributed by atoms with E-state index in [1.807, 2.05) is 66.7 Å². The van der Waals surface area contributed by atoms with Crippen molar-refractivity contribution in [1.82, 2.24) is 24.9 Å². The smallest absolute Gasteiger partial charge is 0.497 e. The molecular weight excluding hydrogens is 876 g/mol. The molecule has 0 fully saturated rings. The predicted octanol–water partition coefficient (Wildman–Crippen LogP) is -1.07. The van der Waals surface area contributed by atoms with Crippen molar-refractivity contribution in [2.24, 2.45) is 0 Å². The van der Waals surface area contributed by atoms with Crippen molar-refractivity contribution < 1.29 is 82.0 Å². The molecule has 0 aliphatic heterocycles. The van der Waals surface area contributed by atoms with Crippen LogP contribution >= 0.6 is 12.2 Å². The average Bonchev–Trinajstić information content (AvgIpc) is 3.18. The van der Waals surface area contributed by atoms with Gasteiger partial charge in [-0.25, -0.2) is 37.3 Å². The summed E-state index contributed by atoms with van der Waals surface area (Å²) in [5.74, 6) is 0.819. The van der Waals surface area contributed by atoms with Crippen molar-refractivity contribution in [2.45, 2.75) is 0 Å². The summed E-state index contributed by atoms with van der Waals surface area (Å²) >= 11 is 5.26. The second-order valence-electron chi connectivity index (χ2n) is 10.6. The molecule has 0 aliphatic carbocycles. The normalized spacial score (nSPS) is 10.5. The molecule has 288 valence electrons. The van der Waals surface area contributed by atoms with Crippen molar-refractivity contribution >= 4 is 66.5 Å². The van der Waals surface area contributed by atoms with Gasteiger partial charge < -0.3 is 10.1 Å². The first-order valence-corrected chi connectivity index (χ1v) is 18.3. The minimum absolute atomic E-state index is 0. The van der Waals surface area contributed by atoms with E-state index >= 15 is 0 Å². The summed E-state index contributed by atoms with van der Waals surface area (Å²) in [4.78, 5) is 22.2. The van der Waals surface area contributed by atoms with Gasteiger partial charge in [0.05, 0.1) is 34.9 Å². The average molecular weight is 905 g/mol. The number of ether oxygens (including phenoxy) is 1. The third-order valence-corrected chi connectivity index (χ3v) is 7.25. The van der Waals surface area contributed by atoms with E-state index in [0.717, 1.165) is 60.7 Å². The minimum Gasteiger partial charge on any atom is -0.497 e. The fourth-order valence-corrected chi connectivity index (χ4v) is 4.96. The molecule has 0 unspecified atom stereocenters. The van der Waals surface area contributed by atoms with E-state index in [9.17, 15) is 0 Å². The molecule has 0 spiro atoms. The molecule has 0 bridgehead atoms. The standard InChI is InChI=1S/C13H12N2OS.2C12H8N2.2ClHO4.Ru/c1-16-11-7-5-10(6-8-11)15-13(17)12-4-2-3-9-14-12;2*1-3-9-5-6-10-4-2-8-14-12(10)11(9)13-7-1;2*2-1(3,4)5;/h2-9H,1H3,(H,15,17);2*1-8H;2*(H,2,3,4,5);/q;;;;;+2/p-2. The summed E-state index contributed by atoms with van der Waals surface area (Å²) in [6.45, 7) is 0. The minimum atomic E-state index is -4.94. The van der Waals surface area contributed by atoms with Gasteiger partial charge in [-0.15, -0.1) is 20.5 Å². The number of hydrogen-bond donors (Lipinski definition) is 1. The van der Waals surface area contributed by atoms with Crippen LogP contribution < -0.4 is 47.3 Å². The quantitative estimate of drug-likeness (QED) is 0.126. The van der Waals surface area contributed by atoms with Gasteiger partial charge in [-0.05, 0) is 60.7 Å². The molecule has 5 heterocycles. The van der Waals surface area contributed by atoms with Crippen LogP contribution in [0.4, 0.5) is 5.69 Å². The summed E-state index contributed by atoms with van der Waals surface area (Å²) < 4.78 is 73.0. The van der Waals surface area contributed by atoms with Crippen molar-refractivity contribution in [1.29, 1.82) is 0 Å². The van der Waals surface area contributed by atoms with Crippen LogP contribution in [0.25, 0.3) is 43.6 Å². The summed E-state index contributed by atoms with van der Waals surface area (Å²) in [6.07, 6.45) is 8.93. The van der Waals surface area contributed by atoms with E-state index in [-0.39, 0.29) is 19.5 Å². The number of thiocarbonyl (C=S) groups is 1. The van der Waals surface area contributed by atoms with Gasteiger partial charge in [0, 0.05) is 58.2 Å². The zero-order chi connectivity index (χ0) is 39.8. The number of rotatable bonds is 3. The molecule has 5 aromatic heterocycles. The van der Waals surface area contributed by atoms with E-state index in [4.69, 9.17) is 54.2 Å². The Balaban J connectivity index is 0.000000200. The number of fused-ring (bicyclic) bond motifs is 6. The molecule has 8 rings (SSSR count). The third kappa shape index (κ3) is 15.6. The first-order chi connectivity index (χ1) is 26.2. The largest absolute Gasteiger partial charge is 2.00 e. The monoisotopic (exact) mass is 904 g/mol. The Bertz CT molecular complexity index is 2200. The first kappa shape index (κ1) is 45.4. The van der Waals surface area contributed by atoms with Crippen LogP contribution in [0.3, 0.4) is 0 Å². The van der Waals surface area contributed by atoms with Crippen LogP contribution in [0.5, 0.6) is 5.75 Å². The van der Waals surface area contributed by atoms with E-state index < -0.39 is 20.5 Å². The van der Waals surface area contributed by atoms with Gasteiger partial charge in [0.15, 0.2) is 0 Å². The number of aromatic nitrogens is 5. The molecular formula is C37H28Cl2N6O9RuS. The number of nitrogens with one attached hydrogen (secondary N) is 1. The van der Waals surface area contributed by atoms with Gasteiger partial charge in [-0.2, -0.15) is 0 Å². The Morgan fingerprint density at radius 1 is 0.482 bits per heavy atom. The molecule has 0 radical (unpaired) electrons. The van der Waals surface area contributed by atoms with E-state index in [0.29, 0.717) is 4.99 Å². The fourth-order valence-electron chi connectivity index (χ4n) is 4.73. The first-order valence-electron chi connectivity index (χ1n) is 15.5. The maximum absolute atomic E-state index is 8.49. The zero-order valence-corrected chi connectivity index (χ0v) is 32.9. The van der Waals surface area contributed by atoms with E-state index in [1.165, 1.54) is 0 Å². The summed E-state index contributed by atoms with van der Waals surface area (Å²) in [5, 5.41) is 7.67. The molecule has 0 saturated heterocycles. The van der Waals surface area contributed by atoms with Gasteiger partial charge in [-0.1, -0.05) is 66.8 Å². The van der Waals surface area contributed by atoms with Gasteiger partial charge in [0.2, 0.25) is 0 Å². The van der Waals surface area contributed by atoms with Crippen LogP contribution in [0.15, 0.2) is 146 Å². The Kier molecular flexibility index (Phi) is 17.8. The molecule has 3 aromatic carbocycles. The maximum atomic E-state index is 8.49.